The summed E-state index contributed by atoms with van der Waals surface area (Å²) >= 11 is 0. The molecular formula is C19H33NO4. The van der Waals surface area contributed by atoms with E-state index in [1.807, 2.05) is 18.7 Å². The highest BCUT2D eigenvalue weighted by Gasteiger charge is 2.55. The van der Waals surface area contributed by atoms with Gasteiger partial charge in [0, 0.05) is 0 Å². The molecule has 0 bridgehead atoms. The monoisotopic (exact) mass is 339 g/mol. The molecular weight excluding hydrogens is 306 g/mol. The Bertz CT molecular complexity index is 439. The van der Waals surface area contributed by atoms with E-state index in [1.54, 1.807) is 0 Å². The summed E-state index contributed by atoms with van der Waals surface area (Å²) in [6.07, 6.45) is 9.97. The second kappa shape index (κ2) is 7.20. The maximum absolute atomic E-state index is 12.8. The quantitative estimate of drug-likeness (QED) is 0.849. The van der Waals surface area contributed by atoms with Crippen molar-refractivity contribution < 1.29 is 19.4 Å². The maximum atomic E-state index is 12.8. The van der Waals surface area contributed by atoms with Gasteiger partial charge in [-0.25, -0.2) is 4.79 Å². The maximum Gasteiger partial charge on any atom is 0.412 e. The highest BCUT2D eigenvalue weighted by atomic mass is 16.6. The molecule has 1 amide bonds. The molecule has 1 unspecified atom stereocenters. The van der Waals surface area contributed by atoms with Crippen molar-refractivity contribution in [1.29, 1.82) is 0 Å². The number of hydrogen-bond acceptors (Lipinski definition) is 4. The largest absolute Gasteiger partial charge is 0.447 e. The van der Waals surface area contributed by atoms with Gasteiger partial charge in [-0.2, -0.15) is 0 Å². The minimum Gasteiger partial charge on any atom is -0.447 e. The molecule has 1 N–H and O–H groups in total. The second-order valence-corrected chi connectivity index (χ2v) is 8.49. The van der Waals surface area contributed by atoms with Crippen LogP contribution in [0.4, 0.5) is 4.79 Å². The standard InChI is InChI=1S/C19H33NO4/c1-18(2)14-24-19(11-7-4-8-12-19)20(18)17(22)23-13-16(21)15-9-5-3-6-10-15/h15-16,21H,3-14H2,1-2H3. The molecule has 0 aromatic rings. The van der Waals surface area contributed by atoms with Crippen molar-refractivity contribution in [2.45, 2.75) is 95.4 Å². The predicted molar refractivity (Wildman–Crippen MR) is 91.6 cm³/mol. The molecule has 1 aliphatic heterocycles. The van der Waals surface area contributed by atoms with Gasteiger partial charge in [-0.3, -0.25) is 4.90 Å². The second-order valence-electron chi connectivity index (χ2n) is 8.49. The summed E-state index contributed by atoms with van der Waals surface area (Å²) in [6.45, 7) is 4.73. The van der Waals surface area contributed by atoms with Gasteiger partial charge in [-0.15, -0.1) is 0 Å². The Morgan fingerprint density at radius 3 is 2.46 bits per heavy atom. The first-order chi connectivity index (χ1) is 11.4. The summed E-state index contributed by atoms with van der Waals surface area (Å²) in [5.74, 6) is 0.276. The highest BCUT2D eigenvalue weighted by molar-refractivity contribution is 5.70. The van der Waals surface area contributed by atoms with Crippen molar-refractivity contribution in [2.24, 2.45) is 5.92 Å². The number of amides is 1. The fourth-order valence-corrected chi connectivity index (χ4v) is 4.75. The average molecular weight is 339 g/mol. The first-order valence-electron chi connectivity index (χ1n) is 9.74. The molecule has 138 valence electrons. The van der Waals surface area contributed by atoms with Crippen molar-refractivity contribution in [3.05, 3.63) is 0 Å². The molecule has 0 radical (unpaired) electrons. The van der Waals surface area contributed by atoms with Crippen LogP contribution < -0.4 is 0 Å². The number of carbonyl (C=O) groups is 1. The normalized spacial score (nSPS) is 28.0. The van der Waals surface area contributed by atoms with Crippen LogP contribution in [-0.2, 0) is 9.47 Å². The van der Waals surface area contributed by atoms with Crippen LogP contribution in [0.1, 0.15) is 78.1 Å². The zero-order chi connectivity index (χ0) is 17.2. The fourth-order valence-electron chi connectivity index (χ4n) is 4.75. The summed E-state index contributed by atoms with van der Waals surface area (Å²) in [6, 6.07) is 0. The molecule has 3 aliphatic rings. The van der Waals surface area contributed by atoms with Gasteiger partial charge in [0.1, 0.15) is 12.3 Å². The minimum absolute atomic E-state index is 0.103. The first-order valence-corrected chi connectivity index (χ1v) is 9.74. The van der Waals surface area contributed by atoms with Gasteiger partial charge < -0.3 is 14.6 Å². The Kier molecular flexibility index (Phi) is 5.40. The molecule has 24 heavy (non-hydrogen) atoms. The van der Waals surface area contributed by atoms with E-state index >= 15 is 0 Å². The van der Waals surface area contributed by atoms with Crippen molar-refractivity contribution in [2.75, 3.05) is 13.2 Å². The third kappa shape index (κ3) is 3.57. The van der Waals surface area contributed by atoms with Crippen LogP contribution in [0.5, 0.6) is 0 Å². The molecule has 2 saturated carbocycles. The van der Waals surface area contributed by atoms with Crippen molar-refractivity contribution in [1.82, 2.24) is 4.90 Å². The van der Waals surface area contributed by atoms with E-state index in [0.717, 1.165) is 38.5 Å². The van der Waals surface area contributed by atoms with E-state index in [4.69, 9.17) is 9.47 Å². The lowest BCUT2D eigenvalue weighted by molar-refractivity contribution is -0.107. The summed E-state index contributed by atoms with van der Waals surface area (Å²) in [5.41, 5.74) is -0.848. The molecule has 1 spiro atoms. The van der Waals surface area contributed by atoms with Gasteiger partial charge in [0.05, 0.1) is 18.2 Å². The van der Waals surface area contributed by atoms with E-state index in [1.165, 1.54) is 25.7 Å². The lowest BCUT2D eigenvalue weighted by Gasteiger charge is -2.43. The number of aliphatic hydroxyl groups excluding tert-OH is 1. The van der Waals surface area contributed by atoms with E-state index in [9.17, 15) is 9.90 Å². The van der Waals surface area contributed by atoms with E-state index in [0.29, 0.717) is 6.61 Å². The van der Waals surface area contributed by atoms with Gasteiger partial charge in [-0.1, -0.05) is 25.7 Å². The third-order valence-corrected chi connectivity index (χ3v) is 6.10. The van der Waals surface area contributed by atoms with Crippen LogP contribution in [-0.4, -0.2) is 46.7 Å². The van der Waals surface area contributed by atoms with Gasteiger partial charge in [0.15, 0.2) is 0 Å². The van der Waals surface area contributed by atoms with Crippen LogP contribution in [0.2, 0.25) is 0 Å². The number of nitrogens with zero attached hydrogens (tertiary/aromatic N) is 1. The zero-order valence-electron chi connectivity index (χ0n) is 15.3. The number of hydrogen-bond donors (Lipinski definition) is 1. The van der Waals surface area contributed by atoms with E-state index < -0.39 is 11.8 Å². The number of ether oxygens (including phenoxy) is 2. The van der Waals surface area contributed by atoms with E-state index in [2.05, 4.69) is 0 Å². The van der Waals surface area contributed by atoms with Crippen LogP contribution >= 0.6 is 0 Å². The minimum atomic E-state index is -0.539. The number of carbonyl (C=O) groups excluding carboxylic acids is 1. The van der Waals surface area contributed by atoms with Gasteiger partial charge >= 0.3 is 6.09 Å². The van der Waals surface area contributed by atoms with Gasteiger partial charge in [0.25, 0.3) is 0 Å². The zero-order valence-corrected chi connectivity index (χ0v) is 15.3. The Balaban J connectivity index is 1.61. The molecule has 1 heterocycles. The molecule has 2 aliphatic carbocycles. The molecule has 3 fully saturated rings. The summed E-state index contributed by atoms with van der Waals surface area (Å²) in [4.78, 5) is 14.7. The first kappa shape index (κ1) is 18.0. The Labute approximate surface area is 145 Å². The Hall–Kier alpha value is -0.810. The topological polar surface area (TPSA) is 59.0 Å². The van der Waals surface area contributed by atoms with Crippen LogP contribution in [0.3, 0.4) is 0 Å². The van der Waals surface area contributed by atoms with Crippen molar-refractivity contribution in [3.8, 4) is 0 Å². The molecule has 0 aromatic heterocycles. The Morgan fingerprint density at radius 1 is 1.17 bits per heavy atom. The number of aliphatic hydroxyl groups is 1. The summed E-state index contributed by atoms with van der Waals surface area (Å²) < 4.78 is 11.7. The number of rotatable bonds is 3. The molecule has 3 rings (SSSR count). The van der Waals surface area contributed by atoms with Crippen molar-refractivity contribution >= 4 is 6.09 Å². The predicted octanol–water partition coefficient (Wildman–Crippen LogP) is 3.84. The fraction of sp³-hybridized carbons (Fsp3) is 0.947. The van der Waals surface area contributed by atoms with Crippen LogP contribution in [0.25, 0.3) is 0 Å². The van der Waals surface area contributed by atoms with Gasteiger partial charge in [-0.05, 0) is 58.3 Å². The smallest absolute Gasteiger partial charge is 0.412 e. The third-order valence-electron chi connectivity index (χ3n) is 6.10. The molecule has 5 nitrogen and oxygen atoms in total. The van der Waals surface area contributed by atoms with Crippen molar-refractivity contribution in [3.63, 3.8) is 0 Å². The Morgan fingerprint density at radius 2 is 1.79 bits per heavy atom. The molecule has 1 saturated heterocycles. The summed E-state index contributed by atoms with van der Waals surface area (Å²) in [5, 5.41) is 10.4. The van der Waals surface area contributed by atoms with Crippen LogP contribution in [0.15, 0.2) is 0 Å². The highest BCUT2D eigenvalue weighted by Crippen LogP contribution is 2.44. The molecule has 1 atom stereocenters. The molecule has 0 aromatic carbocycles. The van der Waals surface area contributed by atoms with Crippen LogP contribution in [0, 0.1) is 5.92 Å². The lowest BCUT2D eigenvalue weighted by Crippen LogP contribution is -2.56. The SMILES string of the molecule is CC1(C)COC2(CCCCC2)N1C(=O)OCC(O)C1CCCCC1. The van der Waals surface area contributed by atoms with E-state index in [-0.39, 0.29) is 24.2 Å². The van der Waals surface area contributed by atoms with Gasteiger partial charge in [0.2, 0.25) is 0 Å². The average Bonchev–Trinajstić information content (AvgIpc) is 2.84. The molecule has 5 heteroatoms. The lowest BCUT2D eigenvalue weighted by atomic mass is 9.85. The summed E-state index contributed by atoms with van der Waals surface area (Å²) in [7, 11) is 0.